The van der Waals surface area contributed by atoms with Gasteiger partial charge in [-0.3, -0.25) is 0 Å². The van der Waals surface area contributed by atoms with Gasteiger partial charge in [-0.1, -0.05) is 37.3 Å². The van der Waals surface area contributed by atoms with E-state index in [1.807, 2.05) is 49.1 Å². The molecule has 2 nitrogen and oxygen atoms in total. The van der Waals surface area contributed by atoms with Gasteiger partial charge in [-0.25, -0.2) is 0 Å². The largest absolute Gasteiger partial charge is 0.376 e. The van der Waals surface area contributed by atoms with Crippen LogP contribution >= 0.6 is 0 Å². The van der Waals surface area contributed by atoms with Crippen molar-refractivity contribution in [1.29, 1.82) is 0 Å². The SMILES string of the molecule is C=C(C)/C(C)=C(/CC)N(CO)c1ccccc1. The lowest BCUT2D eigenvalue weighted by Crippen LogP contribution is -2.24. The second-order valence-corrected chi connectivity index (χ2v) is 4.11. The summed E-state index contributed by atoms with van der Waals surface area (Å²) in [5.41, 5.74) is 4.31. The molecule has 0 atom stereocenters. The van der Waals surface area contributed by atoms with Crippen LogP contribution in [0.15, 0.2) is 53.8 Å². The first-order valence-corrected chi connectivity index (χ1v) is 5.90. The zero-order chi connectivity index (χ0) is 12.8. The first-order chi connectivity index (χ1) is 8.11. The maximum absolute atomic E-state index is 9.57. The Labute approximate surface area is 104 Å². The number of benzene rings is 1. The van der Waals surface area contributed by atoms with Crippen LogP contribution in [0, 0.1) is 0 Å². The smallest absolute Gasteiger partial charge is 0.119 e. The van der Waals surface area contributed by atoms with Crippen molar-refractivity contribution in [2.45, 2.75) is 27.2 Å². The van der Waals surface area contributed by atoms with E-state index in [9.17, 15) is 5.11 Å². The number of allylic oxidation sites excluding steroid dienone is 3. The second-order valence-electron chi connectivity index (χ2n) is 4.11. The monoisotopic (exact) mass is 231 g/mol. The highest BCUT2D eigenvalue weighted by Crippen LogP contribution is 2.24. The fourth-order valence-electron chi connectivity index (χ4n) is 1.84. The van der Waals surface area contributed by atoms with Crippen molar-refractivity contribution in [3.8, 4) is 0 Å². The number of rotatable bonds is 5. The maximum Gasteiger partial charge on any atom is 0.119 e. The van der Waals surface area contributed by atoms with Gasteiger partial charge in [0.2, 0.25) is 0 Å². The highest BCUT2D eigenvalue weighted by atomic mass is 16.3. The molecule has 0 spiro atoms. The van der Waals surface area contributed by atoms with E-state index in [0.717, 1.165) is 29.0 Å². The minimum atomic E-state index is -0.0161. The molecule has 0 heterocycles. The first kappa shape index (κ1) is 13.5. The van der Waals surface area contributed by atoms with Gasteiger partial charge in [0.15, 0.2) is 0 Å². The molecule has 1 aromatic rings. The molecular weight excluding hydrogens is 210 g/mol. The number of aliphatic hydroxyl groups is 1. The summed E-state index contributed by atoms with van der Waals surface area (Å²) < 4.78 is 0. The summed E-state index contributed by atoms with van der Waals surface area (Å²) in [5, 5.41) is 9.57. The predicted octanol–water partition coefficient (Wildman–Crippen LogP) is 3.70. The van der Waals surface area contributed by atoms with Gasteiger partial charge in [0.1, 0.15) is 6.73 Å². The van der Waals surface area contributed by atoms with Gasteiger partial charge in [-0.2, -0.15) is 0 Å². The lowest BCUT2D eigenvalue weighted by atomic mass is 10.1. The van der Waals surface area contributed by atoms with Crippen molar-refractivity contribution < 1.29 is 5.11 Å². The van der Waals surface area contributed by atoms with Crippen LogP contribution in [-0.2, 0) is 0 Å². The molecule has 1 N–H and O–H groups in total. The molecule has 0 aliphatic carbocycles. The van der Waals surface area contributed by atoms with Crippen molar-refractivity contribution in [1.82, 2.24) is 0 Å². The first-order valence-electron chi connectivity index (χ1n) is 5.90. The van der Waals surface area contributed by atoms with Gasteiger partial charge in [0.05, 0.1) is 0 Å². The van der Waals surface area contributed by atoms with E-state index < -0.39 is 0 Å². The van der Waals surface area contributed by atoms with E-state index in [1.54, 1.807) is 0 Å². The van der Waals surface area contributed by atoms with Crippen LogP contribution in [0.4, 0.5) is 5.69 Å². The lowest BCUT2D eigenvalue weighted by molar-refractivity contribution is 0.298. The molecule has 0 fully saturated rings. The van der Waals surface area contributed by atoms with E-state index in [4.69, 9.17) is 0 Å². The molecule has 0 aliphatic heterocycles. The van der Waals surface area contributed by atoms with Gasteiger partial charge in [0.25, 0.3) is 0 Å². The molecule has 1 aromatic carbocycles. The van der Waals surface area contributed by atoms with Gasteiger partial charge in [-0.05, 0) is 38.0 Å². The second kappa shape index (κ2) is 6.26. The van der Waals surface area contributed by atoms with Crippen molar-refractivity contribution in [2.24, 2.45) is 0 Å². The van der Waals surface area contributed by atoms with Gasteiger partial charge < -0.3 is 10.0 Å². The Morgan fingerprint density at radius 3 is 2.24 bits per heavy atom. The summed E-state index contributed by atoms with van der Waals surface area (Å²) in [5.74, 6) is 0. The highest BCUT2D eigenvalue weighted by molar-refractivity contribution is 5.53. The third kappa shape index (κ3) is 3.21. The molecule has 0 aliphatic rings. The maximum atomic E-state index is 9.57. The number of para-hydroxylation sites is 1. The Morgan fingerprint density at radius 2 is 1.82 bits per heavy atom. The van der Waals surface area contributed by atoms with Crippen molar-refractivity contribution >= 4 is 5.69 Å². The third-order valence-corrected chi connectivity index (χ3v) is 2.94. The Balaban J connectivity index is 3.17. The van der Waals surface area contributed by atoms with E-state index in [2.05, 4.69) is 13.5 Å². The molecule has 0 unspecified atom stereocenters. The molecular formula is C15H21NO. The van der Waals surface area contributed by atoms with Crippen LogP contribution < -0.4 is 4.90 Å². The van der Waals surface area contributed by atoms with Crippen LogP contribution in [0.25, 0.3) is 0 Å². The van der Waals surface area contributed by atoms with Gasteiger partial charge in [0, 0.05) is 11.4 Å². The average molecular weight is 231 g/mol. The number of hydrogen-bond donors (Lipinski definition) is 1. The zero-order valence-electron chi connectivity index (χ0n) is 10.9. The van der Waals surface area contributed by atoms with Crippen molar-refractivity contribution in [3.63, 3.8) is 0 Å². The molecule has 0 aromatic heterocycles. The molecule has 17 heavy (non-hydrogen) atoms. The van der Waals surface area contributed by atoms with Crippen LogP contribution in [0.3, 0.4) is 0 Å². The molecule has 92 valence electrons. The Kier molecular flexibility index (Phi) is 4.98. The van der Waals surface area contributed by atoms with Crippen LogP contribution in [0.2, 0.25) is 0 Å². The molecule has 1 rings (SSSR count). The summed E-state index contributed by atoms with van der Waals surface area (Å²) in [4.78, 5) is 1.92. The van der Waals surface area contributed by atoms with E-state index in [1.165, 1.54) is 0 Å². The van der Waals surface area contributed by atoms with E-state index >= 15 is 0 Å². The van der Waals surface area contributed by atoms with Gasteiger partial charge >= 0.3 is 0 Å². The molecule has 0 amide bonds. The lowest BCUT2D eigenvalue weighted by Gasteiger charge is -2.27. The van der Waals surface area contributed by atoms with E-state index in [-0.39, 0.29) is 6.73 Å². The average Bonchev–Trinajstić information content (AvgIpc) is 2.35. The quantitative estimate of drug-likeness (QED) is 0.617. The van der Waals surface area contributed by atoms with E-state index in [0.29, 0.717) is 0 Å². The number of anilines is 1. The fraction of sp³-hybridized carbons (Fsp3) is 0.333. The molecule has 2 heteroatoms. The normalized spacial score (nSPS) is 12.0. The Hall–Kier alpha value is -1.54. The summed E-state index contributed by atoms with van der Waals surface area (Å²) in [7, 11) is 0. The Morgan fingerprint density at radius 1 is 1.24 bits per heavy atom. The molecule has 0 saturated carbocycles. The van der Waals surface area contributed by atoms with Crippen LogP contribution in [0.5, 0.6) is 0 Å². The molecule has 0 saturated heterocycles. The zero-order valence-corrected chi connectivity index (χ0v) is 10.9. The summed E-state index contributed by atoms with van der Waals surface area (Å²) in [6.45, 7) is 10.1. The predicted molar refractivity (Wildman–Crippen MR) is 73.8 cm³/mol. The Bertz CT molecular complexity index is 406. The van der Waals surface area contributed by atoms with Crippen LogP contribution in [0.1, 0.15) is 27.2 Å². The third-order valence-electron chi connectivity index (χ3n) is 2.94. The van der Waals surface area contributed by atoms with Crippen molar-refractivity contribution in [2.75, 3.05) is 11.6 Å². The highest BCUT2D eigenvalue weighted by Gasteiger charge is 2.12. The van der Waals surface area contributed by atoms with Gasteiger partial charge in [-0.15, -0.1) is 0 Å². The molecule has 0 radical (unpaired) electrons. The summed E-state index contributed by atoms with van der Waals surface area (Å²) in [6, 6.07) is 9.91. The summed E-state index contributed by atoms with van der Waals surface area (Å²) in [6.07, 6.45) is 0.869. The number of aliphatic hydroxyl groups excluding tert-OH is 1. The number of nitrogens with zero attached hydrogens (tertiary/aromatic N) is 1. The van der Waals surface area contributed by atoms with Crippen LogP contribution in [-0.4, -0.2) is 11.8 Å². The summed E-state index contributed by atoms with van der Waals surface area (Å²) >= 11 is 0. The minimum absolute atomic E-state index is 0.0161. The minimum Gasteiger partial charge on any atom is -0.376 e. The topological polar surface area (TPSA) is 23.5 Å². The fourth-order valence-corrected chi connectivity index (χ4v) is 1.84. The standard InChI is InChI=1S/C15H21NO/c1-5-15(13(4)12(2)3)16(11-17)14-9-7-6-8-10-14/h6-10,17H,2,5,11H2,1,3-4H3/b15-13-. The molecule has 0 bridgehead atoms. The number of hydrogen-bond acceptors (Lipinski definition) is 2. The van der Waals surface area contributed by atoms with Crippen molar-refractivity contribution in [3.05, 3.63) is 53.8 Å².